The maximum absolute atomic E-state index is 12.2. The highest BCUT2D eigenvalue weighted by atomic mass is 32.2. The van der Waals surface area contributed by atoms with Gasteiger partial charge < -0.3 is 9.84 Å². The van der Waals surface area contributed by atoms with Crippen molar-refractivity contribution in [3.05, 3.63) is 46.5 Å². The van der Waals surface area contributed by atoms with Crippen LogP contribution in [0.25, 0.3) is 6.08 Å². The summed E-state index contributed by atoms with van der Waals surface area (Å²) in [5, 5.41) is 8.92. The predicted molar refractivity (Wildman–Crippen MR) is 95.6 cm³/mol. The molecule has 2 atom stereocenters. The van der Waals surface area contributed by atoms with E-state index in [1.54, 1.807) is 12.1 Å². The fraction of sp³-hybridized carbons (Fsp3) is 0.474. The Bertz CT molecular complexity index is 772. The Morgan fingerprint density at radius 1 is 1.33 bits per heavy atom. The molecule has 1 N–H and O–H groups in total. The van der Waals surface area contributed by atoms with Gasteiger partial charge in [-0.25, -0.2) is 8.42 Å². The first-order valence-electron chi connectivity index (χ1n) is 8.42. The van der Waals surface area contributed by atoms with Gasteiger partial charge in [-0.15, -0.1) is 0 Å². The third-order valence-corrected chi connectivity index (χ3v) is 6.90. The van der Waals surface area contributed by atoms with Crippen LogP contribution in [0.5, 0.6) is 5.75 Å². The molecule has 0 saturated carbocycles. The van der Waals surface area contributed by atoms with Crippen LogP contribution in [-0.4, -0.2) is 37.2 Å². The molecule has 5 heteroatoms. The number of benzene rings is 1. The Morgan fingerprint density at radius 3 is 2.71 bits per heavy atom. The number of fused-ring (bicyclic) bond motifs is 1. The molecule has 24 heavy (non-hydrogen) atoms. The fourth-order valence-corrected chi connectivity index (χ4v) is 5.65. The molecule has 0 unspecified atom stereocenters. The Balaban J connectivity index is 1.68. The minimum atomic E-state index is -3.05. The van der Waals surface area contributed by atoms with Crippen LogP contribution in [0.2, 0.25) is 0 Å². The summed E-state index contributed by atoms with van der Waals surface area (Å²) in [4.78, 5) is 0. The quantitative estimate of drug-likeness (QED) is 0.828. The number of phenolic OH excluding ortho intramolecular Hbond substituents is 1. The van der Waals surface area contributed by atoms with Gasteiger partial charge in [-0.2, -0.15) is 0 Å². The number of hydrogen-bond donors (Lipinski definition) is 1. The molecule has 1 saturated heterocycles. The zero-order chi connectivity index (χ0) is 17.3. The van der Waals surface area contributed by atoms with Crippen LogP contribution in [0.15, 0.2) is 41.0 Å². The van der Waals surface area contributed by atoms with E-state index in [0.29, 0.717) is 6.61 Å². The average molecular weight is 348 g/mol. The lowest BCUT2D eigenvalue weighted by Gasteiger charge is -2.13. The molecule has 0 aromatic heterocycles. The molecule has 2 heterocycles. The first kappa shape index (κ1) is 17.2. The number of allylic oxidation sites excluding steroid dienone is 1. The molecule has 0 radical (unpaired) electrons. The smallest absolute Gasteiger partial charge is 0.163 e. The molecule has 0 spiro atoms. The predicted octanol–water partition coefficient (Wildman–Crippen LogP) is 3.48. The standard InChI is InChI=1S/C19H24O4S/c1-3-15-12-24(21,22)18-11-23-17(19(15)18)9-4-13(2)10-14-5-7-16(20)8-6-14/h5-8,10,17-18,20H,3-4,9,11-12H2,1-2H3/b13-10+/t17-,18+/m1/s1. The summed E-state index contributed by atoms with van der Waals surface area (Å²) in [6.45, 7) is 4.40. The van der Waals surface area contributed by atoms with Crippen molar-refractivity contribution >= 4 is 15.9 Å². The molecular weight excluding hydrogens is 324 g/mol. The molecule has 2 aliphatic heterocycles. The molecule has 0 bridgehead atoms. The number of phenols is 1. The van der Waals surface area contributed by atoms with Gasteiger partial charge in [0.1, 0.15) is 11.0 Å². The van der Waals surface area contributed by atoms with Gasteiger partial charge >= 0.3 is 0 Å². The third-order valence-electron chi connectivity index (χ3n) is 4.89. The maximum atomic E-state index is 12.2. The summed E-state index contributed by atoms with van der Waals surface area (Å²) >= 11 is 0. The van der Waals surface area contributed by atoms with Crippen molar-refractivity contribution in [2.45, 2.75) is 44.5 Å². The van der Waals surface area contributed by atoms with E-state index < -0.39 is 15.1 Å². The maximum Gasteiger partial charge on any atom is 0.163 e. The van der Waals surface area contributed by atoms with E-state index in [4.69, 9.17) is 4.74 Å². The van der Waals surface area contributed by atoms with Crippen molar-refractivity contribution in [2.75, 3.05) is 12.4 Å². The first-order valence-corrected chi connectivity index (χ1v) is 10.1. The summed E-state index contributed by atoms with van der Waals surface area (Å²) in [5.41, 5.74) is 4.36. The molecule has 2 aliphatic rings. The van der Waals surface area contributed by atoms with Gasteiger partial charge in [0, 0.05) is 0 Å². The first-order chi connectivity index (χ1) is 11.4. The summed E-state index contributed by atoms with van der Waals surface area (Å²) in [7, 11) is -3.05. The molecule has 4 nitrogen and oxygen atoms in total. The minimum absolute atomic E-state index is 0.0645. The van der Waals surface area contributed by atoms with E-state index in [-0.39, 0.29) is 17.6 Å². The summed E-state index contributed by atoms with van der Waals surface area (Å²) < 4.78 is 30.2. The van der Waals surface area contributed by atoms with Gasteiger partial charge in [-0.05, 0) is 49.5 Å². The minimum Gasteiger partial charge on any atom is -0.508 e. The van der Waals surface area contributed by atoms with Crippen LogP contribution in [-0.2, 0) is 14.6 Å². The molecule has 1 fully saturated rings. The second-order valence-electron chi connectivity index (χ2n) is 6.65. The van der Waals surface area contributed by atoms with Gasteiger partial charge in [0.25, 0.3) is 0 Å². The summed E-state index contributed by atoms with van der Waals surface area (Å²) in [5.74, 6) is 0.475. The molecule has 0 amide bonds. The van der Waals surface area contributed by atoms with E-state index in [2.05, 4.69) is 13.0 Å². The van der Waals surface area contributed by atoms with Crippen molar-refractivity contribution < 1.29 is 18.3 Å². The molecule has 1 aromatic rings. The third kappa shape index (κ3) is 3.42. The molecular formula is C19H24O4S. The average Bonchev–Trinajstić information content (AvgIpc) is 3.07. The summed E-state index contributed by atoms with van der Waals surface area (Å²) in [6, 6.07) is 7.10. The van der Waals surface area contributed by atoms with Crippen molar-refractivity contribution in [3.8, 4) is 5.75 Å². The lowest BCUT2D eigenvalue weighted by atomic mass is 9.96. The largest absolute Gasteiger partial charge is 0.508 e. The molecule has 0 aliphatic carbocycles. The normalized spacial score (nSPS) is 26.0. The highest BCUT2D eigenvalue weighted by molar-refractivity contribution is 7.92. The van der Waals surface area contributed by atoms with E-state index in [9.17, 15) is 13.5 Å². The van der Waals surface area contributed by atoms with Crippen LogP contribution in [0, 0.1) is 0 Å². The van der Waals surface area contributed by atoms with Gasteiger partial charge in [-0.3, -0.25) is 0 Å². The van der Waals surface area contributed by atoms with Crippen molar-refractivity contribution in [3.63, 3.8) is 0 Å². The van der Waals surface area contributed by atoms with E-state index in [0.717, 1.165) is 36.0 Å². The lowest BCUT2D eigenvalue weighted by molar-refractivity contribution is 0.117. The van der Waals surface area contributed by atoms with E-state index in [1.165, 1.54) is 5.57 Å². The van der Waals surface area contributed by atoms with Gasteiger partial charge in [0.15, 0.2) is 9.84 Å². The number of rotatable bonds is 5. The SMILES string of the molecule is CCC1=C2[C@@H](CC/C(C)=C/c3ccc(O)cc3)OC[C@@H]2S(=O)(=O)C1. The topological polar surface area (TPSA) is 63.6 Å². The van der Waals surface area contributed by atoms with Crippen LogP contribution >= 0.6 is 0 Å². The van der Waals surface area contributed by atoms with Crippen LogP contribution < -0.4 is 0 Å². The van der Waals surface area contributed by atoms with E-state index in [1.807, 2.05) is 19.1 Å². The second-order valence-corrected chi connectivity index (χ2v) is 8.83. The number of ether oxygens (including phenoxy) is 1. The fourth-order valence-electron chi connectivity index (χ4n) is 3.60. The summed E-state index contributed by atoms with van der Waals surface area (Å²) in [6.07, 6.45) is 4.48. The van der Waals surface area contributed by atoms with Crippen molar-refractivity contribution in [1.82, 2.24) is 0 Å². The molecule has 1 aromatic carbocycles. The second kappa shape index (κ2) is 6.73. The van der Waals surface area contributed by atoms with E-state index >= 15 is 0 Å². The Morgan fingerprint density at radius 2 is 2.04 bits per heavy atom. The van der Waals surface area contributed by atoms with Gasteiger partial charge in [0.05, 0.1) is 18.5 Å². The lowest BCUT2D eigenvalue weighted by Crippen LogP contribution is -2.19. The molecule has 3 rings (SSSR count). The van der Waals surface area contributed by atoms with Crippen LogP contribution in [0.1, 0.15) is 38.7 Å². The monoisotopic (exact) mass is 348 g/mol. The zero-order valence-electron chi connectivity index (χ0n) is 14.2. The van der Waals surface area contributed by atoms with Crippen LogP contribution in [0.4, 0.5) is 0 Å². The Kier molecular flexibility index (Phi) is 4.83. The number of aromatic hydroxyl groups is 1. The Labute approximate surface area is 143 Å². The molecule has 130 valence electrons. The zero-order valence-corrected chi connectivity index (χ0v) is 15.0. The van der Waals surface area contributed by atoms with Crippen LogP contribution in [0.3, 0.4) is 0 Å². The number of sulfone groups is 1. The van der Waals surface area contributed by atoms with Crippen molar-refractivity contribution in [1.29, 1.82) is 0 Å². The number of hydrogen-bond acceptors (Lipinski definition) is 4. The Hall–Kier alpha value is -1.59. The van der Waals surface area contributed by atoms with Gasteiger partial charge in [0.2, 0.25) is 0 Å². The van der Waals surface area contributed by atoms with Crippen molar-refractivity contribution in [2.24, 2.45) is 0 Å². The highest BCUT2D eigenvalue weighted by Gasteiger charge is 2.46. The highest BCUT2D eigenvalue weighted by Crippen LogP contribution is 2.39. The van der Waals surface area contributed by atoms with Gasteiger partial charge in [-0.1, -0.05) is 36.3 Å².